The monoisotopic (exact) mass is 262 g/mol. The fourth-order valence-corrected chi connectivity index (χ4v) is 2.98. The molecule has 0 bridgehead atoms. The van der Waals surface area contributed by atoms with Gasteiger partial charge in [0.2, 0.25) is 0 Å². The summed E-state index contributed by atoms with van der Waals surface area (Å²) < 4.78 is 5.90. The molecule has 0 spiro atoms. The predicted octanol–water partition coefficient (Wildman–Crippen LogP) is 2.58. The zero-order valence-corrected chi connectivity index (χ0v) is 12.1. The lowest BCUT2D eigenvalue weighted by Gasteiger charge is -2.40. The maximum Gasteiger partial charge on any atom is 0.122 e. The highest BCUT2D eigenvalue weighted by Gasteiger charge is 2.26. The fraction of sp³-hybridized carbons (Fsp3) is 0.625. The molecule has 0 radical (unpaired) electrons. The average Bonchev–Trinajstić information content (AvgIpc) is 2.42. The Labute approximate surface area is 116 Å². The number of piperidine rings is 1. The van der Waals surface area contributed by atoms with E-state index in [-0.39, 0.29) is 0 Å². The summed E-state index contributed by atoms with van der Waals surface area (Å²) >= 11 is 0. The van der Waals surface area contributed by atoms with Crippen molar-refractivity contribution in [3.05, 3.63) is 29.8 Å². The molecule has 2 N–H and O–H groups in total. The summed E-state index contributed by atoms with van der Waals surface area (Å²) in [5, 5.41) is 0. The van der Waals surface area contributed by atoms with Gasteiger partial charge in [-0.15, -0.1) is 0 Å². The van der Waals surface area contributed by atoms with Gasteiger partial charge in [0.25, 0.3) is 0 Å². The Balaban J connectivity index is 1.85. The zero-order valence-electron chi connectivity index (χ0n) is 12.1. The SMILES string of the molecule is Cc1ccccc1OCCN1C(C)CCCC1CN. The van der Waals surface area contributed by atoms with Crippen LogP contribution in [0.3, 0.4) is 0 Å². The molecule has 19 heavy (non-hydrogen) atoms. The third-order valence-electron chi connectivity index (χ3n) is 4.17. The Morgan fingerprint density at radius 1 is 1.32 bits per heavy atom. The van der Waals surface area contributed by atoms with E-state index in [0.717, 1.165) is 25.4 Å². The number of hydrogen-bond donors (Lipinski definition) is 1. The first-order valence-electron chi connectivity index (χ1n) is 7.36. The maximum atomic E-state index is 5.90. The smallest absolute Gasteiger partial charge is 0.122 e. The first-order valence-corrected chi connectivity index (χ1v) is 7.36. The van der Waals surface area contributed by atoms with Crippen molar-refractivity contribution >= 4 is 0 Å². The number of nitrogens with two attached hydrogens (primary N) is 1. The summed E-state index contributed by atoms with van der Waals surface area (Å²) in [6.45, 7) is 6.86. The summed E-state index contributed by atoms with van der Waals surface area (Å²) in [6.07, 6.45) is 3.81. The van der Waals surface area contributed by atoms with Crippen LogP contribution in [0.25, 0.3) is 0 Å². The van der Waals surface area contributed by atoms with Crippen molar-refractivity contribution in [3.63, 3.8) is 0 Å². The fourth-order valence-electron chi connectivity index (χ4n) is 2.98. The summed E-state index contributed by atoms with van der Waals surface area (Å²) in [4.78, 5) is 2.52. The number of aryl methyl sites for hydroxylation is 1. The standard InChI is InChI=1S/C16H26N2O/c1-13-6-3-4-9-16(13)19-11-10-18-14(2)7-5-8-15(18)12-17/h3-4,6,9,14-15H,5,7-8,10-12,17H2,1-2H3. The van der Waals surface area contributed by atoms with E-state index in [0.29, 0.717) is 12.1 Å². The van der Waals surface area contributed by atoms with Crippen molar-refractivity contribution in [1.29, 1.82) is 0 Å². The molecule has 2 atom stereocenters. The topological polar surface area (TPSA) is 38.5 Å². The highest BCUT2D eigenvalue weighted by molar-refractivity contribution is 5.31. The van der Waals surface area contributed by atoms with Gasteiger partial charge in [-0.2, -0.15) is 0 Å². The Hall–Kier alpha value is -1.06. The number of hydrogen-bond acceptors (Lipinski definition) is 3. The van der Waals surface area contributed by atoms with Gasteiger partial charge >= 0.3 is 0 Å². The van der Waals surface area contributed by atoms with E-state index in [1.54, 1.807) is 0 Å². The minimum absolute atomic E-state index is 0.532. The van der Waals surface area contributed by atoms with Gasteiger partial charge in [0.05, 0.1) is 0 Å². The number of nitrogens with zero attached hydrogens (tertiary/aromatic N) is 1. The first-order chi connectivity index (χ1) is 9.22. The number of likely N-dealkylation sites (tertiary alicyclic amines) is 1. The van der Waals surface area contributed by atoms with E-state index < -0.39 is 0 Å². The van der Waals surface area contributed by atoms with Crippen molar-refractivity contribution in [3.8, 4) is 5.75 Å². The van der Waals surface area contributed by atoms with Gasteiger partial charge < -0.3 is 10.5 Å². The molecule has 1 aromatic carbocycles. The average molecular weight is 262 g/mol. The lowest BCUT2D eigenvalue weighted by atomic mass is 9.96. The molecule has 3 nitrogen and oxygen atoms in total. The molecule has 3 heteroatoms. The number of benzene rings is 1. The van der Waals surface area contributed by atoms with E-state index in [9.17, 15) is 0 Å². The second-order valence-corrected chi connectivity index (χ2v) is 5.52. The van der Waals surface area contributed by atoms with Gasteiger partial charge in [-0.05, 0) is 38.3 Å². The Morgan fingerprint density at radius 2 is 2.11 bits per heavy atom. The van der Waals surface area contributed by atoms with Crippen LogP contribution < -0.4 is 10.5 Å². The van der Waals surface area contributed by atoms with Crippen molar-refractivity contribution in [2.24, 2.45) is 5.73 Å². The van der Waals surface area contributed by atoms with Crippen LogP contribution in [0.2, 0.25) is 0 Å². The molecular formula is C16H26N2O. The minimum Gasteiger partial charge on any atom is -0.492 e. The number of ether oxygens (including phenoxy) is 1. The molecule has 2 unspecified atom stereocenters. The van der Waals surface area contributed by atoms with Crippen molar-refractivity contribution < 1.29 is 4.74 Å². The van der Waals surface area contributed by atoms with Crippen LogP contribution in [0.5, 0.6) is 5.75 Å². The molecule has 0 amide bonds. The Morgan fingerprint density at radius 3 is 2.84 bits per heavy atom. The van der Waals surface area contributed by atoms with E-state index >= 15 is 0 Å². The van der Waals surface area contributed by atoms with E-state index in [4.69, 9.17) is 10.5 Å². The van der Waals surface area contributed by atoms with Crippen LogP contribution >= 0.6 is 0 Å². The molecule has 1 aliphatic heterocycles. The molecule has 1 heterocycles. The largest absolute Gasteiger partial charge is 0.492 e. The molecule has 0 aromatic heterocycles. The van der Waals surface area contributed by atoms with Gasteiger partial charge in [-0.25, -0.2) is 0 Å². The quantitative estimate of drug-likeness (QED) is 0.886. The predicted molar refractivity (Wildman–Crippen MR) is 79.5 cm³/mol. The third-order valence-corrected chi connectivity index (χ3v) is 4.17. The number of rotatable bonds is 5. The summed E-state index contributed by atoms with van der Waals surface area (Å²) in [5.74, 6) is 0.997. The molecule has 1 aromatic rings. The van der Waals surface area contributed by atoms with Crippen LogP contribution in [-0.4, -0.2) is 36.7 Å². The second-order valence-electron chi connectivity index (χ2n) is 5.52. The third kappa shape index (κ3) is 3.71. The lowest BCUT2D eigenvalue weighted by Crippen LogP contribution is -2.50. The van der Waals surface area contributed by atoms with Crippen LogP contribution in [0.15, 0.2) is 24.3 Å². The molecule has 1 saturated heterocycles. The first kappa shape index (κ1) is 14.4. The highest BCUT2D eigenvalue weighted by atomic mass is 16.5. The molecule has 0 aliphatic carbocycles. The molecule has 1 aliphatic rings. The zero-order chi connectivity index (χ0) is 13.7. The van der Waals surface area contributed by atoms with E-state index in [1.165, 1.54) is 24.8 Å². The molecule has 106 valence electrons. The summed E-state index contributed by atoms with van der Waals surface area (Å²) in [7, 11) is 0. The van der Waals surface area contributed by atoms with Gasteiger partial charge in [-0.1, -0.05) is 24.6 Å². The molecular weight excluding hydrogens is 236 g/mol. The number of para-hydroxylation sites is 1. The summed E-state index contributed by atoms with van der Waals surface area (Å²) in [6, 6.07) is 9.34. The normalized spacial score (nSPS) is 24.4. The lowest BCUT2D eigenvalue weighted by molar-refractivity contribution is 0.0798. The van der Waals surface area contributed by atoms with E-state index in [2.05, 4.69) is 24.8 Å². The van der Waals surface area contributed by atoms with Crippen LogP contribution in [0.1, 0.15) is 31.7 Å². The van der Waals surface area contributed by atoms with Gasteiger partial charge in [0.1, 0.15) is 12.4 Å². The Kier molecular flexibility index (Phi) is 5.23. The van der Waals surface area contributed by atoms with Crippen LogP contribution in [0.4, 0.5) is 0 Å². The maximum absolute atomic E-state index is 5.90. The summed E-state index contributed by atoms with van der Waals surface area (Å²) in [5.41, 5.74) is 7.08. The van der Waals surface area contributed by atoms with Crippen LogP contribution in [0, 0.1) is 6.92 Å². The highest BCUT2D eigenvalue weighted by Crippen LogP contribution is 2.22. The molecule has 2 rings (SSSR count). The second kappa shape index (κ2) is 6.92. The molecule has 0 saturated carbocycles. The van der Waals surface area contributed by atoms with Gasteiger partial charge in [0, 0.05) is 25.2 Å². The van der Waals surface area contributed by atoms with Crippen molar-refractivity contribution in [1.82, 2.24) is 4.90 Å². The minimum atomic E-state index is 0.532. The molecule has 1 fully saturated rings. The Bertz CT molecular complexity index is 394. The van der Waals surface area contributed by atoms with Crippen molar-refractivity contribution in [2.75, 3.05) is 19.7 Å². The van der Waals surface area contributed by atoms with Crippen molar-refractivity contribution in [2.45, 2.75) is 45.2 Å². The van der Waals surface area contributed by atoms with Gasteiger partial charge in [0.15, 0.2) is 0 Å². The van der Waals surface area contributed by atoms with Crippen LogP contribution in [-0.2, 0) is 0 Å². The van der Waals surface area contributed by atoms with Gasteiger partial charge in [-0.3, -0.25) is 4.90 Å². The van der Waals surface area contributed by atoms with E-state index in [1.807, 2.05) is 18.2 Å².